The zero-order valence-electron chi connectivity index (χ0n) is 10.5. The van der Waals surface area contributed by atoms with E-state index in [1.807, 2.05) is 25.1 Å². The number of aromatic nitrogens is 2. The van der Waals surface area contributed by atoms with E-state index in [2.05, 4.69) is 38.1 Å². The predicted octanol–water partition coefficient (Wildman–Crippen LogP) is 3.36. The van der Waals surface area contributed by atoms with Gasteiger partial charge in [-0.1, -0.05) is 6.92 Å². The van der Waals surface area contributed by atoms with Crippen LogP contribution < -0.4 is 5.32 Å². The van der Waals surface area contributed by atoms with Crippen LogP contribution in [0.15, 0.2) is 27.3 Å². The maximum Gasteiger partial charge on any atom is 0.169 e. The van der Waals surface area contributed by atoms with E-state index >= 15 is 0 Å². The van der Waals surface area contributed by atoms with E-state index in [0.717, 1.165) is 47.2 Å². The van der Waals surface area contributed by atoms with Crippen molar-refractivity contribution in [3.8, 4) is 0 Å². The summed E-state index contributed by atoms with van der Waals surface area (Å²) in [5.41, 5.74) is 1.06. The molecule has 0 bridgehead atoms. The van der Waals surface area contributed by atoms with Gasteiger partial charge in [-0.15, -0.1) is 0 Å². The van der Waals surface area contributed by atoms with E-state index in [4.69, 9.17) is 4.42 Å². The first kappa shape index (κ1) is 13.1. The fraction of sp³-hybridized carbons (Fsp3) is 0.385. The highest BCUT2D eigenvalue weighted by molar-refractivity contribution is 9.10. The fourth-order valence-electron chi connectivity index (χ4n) is 1.70. The molecule has 0 aliphatic carbocycles. The summed E-state index contributed by atoms with van der Waals surface area (Å²) in [6, 6.07) is 5.86. The molecule has 96 valence electrons. The molecule has 0 spiro atoms. The van der Waals surface area contributed by atoms with Crippen molar-refractivity contribution >= 4 is 21.7 Å². The smallest absolute Gasteiger partial charge is 0.169 e. The van der Waals surface area contributed by atoms with Crippen LogP contribution in [0.3, 0.4) is 0 Å². The highest BCUT2D eigenvalue weighted by Crippen LogP contribution is 2.14. The third-order valence-corrected chi connectivity index (χ3v) is 2.99. The van der Waals surface area contributed by atoms with Gasteiger partial charge >= 0.3 is 0 Å². The van der Waals surface area contributed by atoms with Crippen LogP contribution in [0.1, 0.15) is 24.2 Å². The number of hydrogen-bond donors (Lipinski definition) is 1. The van der Waals surface area contributed by atoms with Crippen molar-refractivity contribution in [3.05, 3.63) is 40.1 Å². The largest absolute Gasteiger partial charge is 0.454 e. The molecule has 0 aromatic carbocycles. The minimum atomic E-state index is 0.767. The lowest BCUT2D eigenvalue weighted by molar-refractivity contribution is 0.491. The maximum absolute atomic E-state index is 5.43. The molecule has 0 fully saturated rings. The van der Waals surface area contributed by atoms with Gasteiger partial charge in [0.25, 0.3) is 0 Å². The zero-order valence-corrected chi connectivity index (χ0v) is 12.1. The standard InChI is InChI=1S/C13H16BrN3O/c1-3-10-8-13(17-9(2)16-10)15-7-6-11-4-5-12(14)18-11/h4-5,8H,3,6-7H2,1-2H3,(H,15,16,17). The van der Waals surface area contributed by atoms with Gasteiger partial charge in [-0.2, -0.15) is 0 Å². The summed E-state index contributed by atoms with van der Waals surface area (Å²) >= 11 is 3.29. The Hall–Kier alpha value is -1.36. The van der Waals surface area contributed by atoms with Gasteiger partial charge in [0.2, 0.25) is 0 Å². The first-order valence-corrected chi connectivity index (χ1v) is 6.79. The van der Waals surface area contributed by atoms with E-state index in [0.29, 0.717) is 0 Å². The van der Waals surface area contributed by atoms with E-state index in [1.54, 1.807) is 0 Å². The second-order valence-corrected chi connectivity index (χ2v) is 4.81. The second kappa shape index (κ2) is 6.00. The molecule has 0 amide bonds. The highest BCUT2D eigenvalue weighted by atomic mass is 79.9. The van der Waals surface area contributed by atoms with Crippen molar-refractivity contribution in [2.75, 3.05) is 11.9 Å². The molecule has 0 radical (unpaired) electrons. The summed E-state index contributed by atoms with van der Waals surface area (Å²) in [5, 5.41) is 3.29. The molecule has 0 aliphatic heterocycles. The number of halogens is 1. The minimum Gasteiger partial charge on any atom is -0.454 e. The van der Waals surface area contributed by atoms with Crippen molar-refractivity contribution in [1.29, 1.82) is 0 Å². The van der Waals surface area contributed by atoms with Gasteiger partial charge in [0, 0.05) is 24.7 Å². The first-order chi connectivity index (χ1) is 8.67. The molecule has 0 unspecified atom stereocenters. The van der Waals surface area contributed by atoms with Crippen molar-refractivity contribution in [2.24, 2.45) is 0 Å². The van der Waals surface area contributed by atoms with Gasteiger partial charge in [0.1, 0.15) is 17.4 Å². The van der Waals surface area contributed by atoms with Crippen LogP contribution in [0.2, 0.25) is 0 Å². The molecule has 1 N–H and O–H groups in total. The monoisotopic (exact) mass is 309 g/mol. The molecule has 18 heavy (non-hydrogen) atoms. The molecule has 0 atom stereocenters. The quantitative estimate of drug-likeness (QED) is 0.920. The van der Waals surface area contributed by atoms with Crippen LogP contribution in [0.5, 0.6) is 0 Å². The van der Waals surface area contributed by atoms with E-state index in [-0.39, 0.29) is 0 Å². The summed E-state index contributed by atoms with van der Waals surface area (Å²) in [5.74, 6) is 2.64. The number of aryl methyl sites for hydroxylation is 2. The molecule has 0 aliphatic rings. The Balaban J connectivity index is 1.91. The molecule has 2 rings (SSSR count). The number of nitrogens with one attached hydrogen (secondary N) is 1. The fourth-order valence-corrected chi connectivity index (χ4v) is 2.04. The number of nitrogens with zero attached hydrogens (tertiary/aromatic N) is 2. The Morgan fingerprint density at radius 2 is 2.17 bits per heavy atom. The van der Waals surface area contributed by atoms with Gasteiger partial charge in [-0.3, -0.25) is 0 Å². The van der Waals surface area contributed by atoms with E-state index < -0.39 is 0 Å². The summed E-state index contributed by atoms with van der Waals surface area (Å²) < 4.78 is 6.20. The van der Waals surface area contributed by atoms with Crippen LogP contribution in [-0.4, -0.2) is 16.5 Å². The Morgan fingerprint density at radius 3 is 2.83 bits per heavy atom. The Kier molecular flexibility index (Phi) is 4.36. The zero-order chi connectivity index (χ0) is 13.0. The Morgan fingerprint density at radius 1 is 1.33 bits per heavy atom. The molecule has 2 aromatic rings. The topological polar surface area (TPSA) is 51.0 Å². The minimum absolute atomic E-state index is 0.767. The number of rotatable bonds is 5. The number of hydrogen-bond acceptors (Lipinski definition) is 4. The molecule has 2 aromatic heterocycles. The van der Waals surface area contributed by atoms with Crippen LogP contribution in [0.25, 0.3) is 0 Å². The first-order valence-electron chi connectivity index (χ1n) is 6.00. The third kappa shape index (κ3) is 3.57. The molecule has 4 nitrogen and oxygen atoms in total. The van der Waals surface area contributed by atoms with Crippen molar-refractivity contribution in [1.82, 2.24) is 9.97 Å². The second-order valence-electron chi connectivity index (χ2n) is 4.03. The molecular weight excluding hydrogens is 294 g/mol. The molecular formula is C13H16BrN3O. The van der Waals surface area contributed by atoms with Crippen LogP contribution in [-0.2, 0) is 12.8 Å². The van der Waals surface area contributed by atoms with Gasteiger partial charge in [-0.05, 0) is 41.4 Å². The SMILES string of the molecule is CCc1cc(NCCc2ccc(Br)o2)nc(C)n1. The van der Waals surface area contributed by atoms with Gasteiger partial charge in [0.05, 0.1) is 0 Å². The number of anilines is 1. The number of furan rings is 1. The average molecular weight is 310 g/mol. The van der Waals surface area contributed by atoms with Gasteiger partial charge < -0.3 is 9.73 Å². The Bertz CT molecular complexity index is 525. The molecule has 0 saturated carbocycles. The maximum atomic E-state index is 5.43. The lowest BCUT2D eigenvalue weighted by Gasteiger charge is -2.06. The summed E-state index contributed by atoms with van der Waals surface area (Å²) in [6.45, 7) is 4.79. The highest BCUT2D eigenvalue weighted by Gasteiger charge is 2.02. The molecule has 2 heterocycles. The third-order valence-electron chi connectivity index (χ3n) is 2.56. The molecule has 5 heteroatoms. The van der Waals surface area contributed by atoms with Gasteiger partial charge in [-0.25, -0.2) is 9.97 Å². The summed E-state index contributed by atoms with van der Waals surface area (Å²) in [4.78, 5) is 8.70. The van der Waals surface area contributed by atoms with Crippen LogP contribution in [0.4, 0.5) is 5.82 Å². The van der Waals surface area contributed by atoms with Crippen molar-refractivity contribution in [2.45, 2.75) is 26.7 Å². The van der Waals surface area contributed by atoms with Crippen LogP contribution >= 0.6 is 15.9 Å². The predicted molar refractivity (Wildman–Crippen MR) is 74.7 cm³/mol. The van der Waals surface area contributed by atoms with E-state index in [1.165, 1.54) is 0 Å². The summed E-state index contributed by atoms with van der Waals surface area (Å²) in [7, 11) is 0. The van der Waals surface area contributed by atoms with Gasteiger partial charge in [0.15, 0.2) is 4.67 Å². The van der Waals surface area contributed by atoms with Crippen molar-refractivity contribution < 1.29 is 4.42 Å². The van der Waals surface area contributed by atoms with E-state index in [9.17, 15) is 0 Å². The average Bonchev–Trinajstić information content (AvgIpc) is 2.74. The van der Waals surface area contributed by atoms with Crippen LogP contribution in [0, 0.1) is 6.92 Å². The summed E-state index contributed by atoms with van der Waals surface area (Å²) in [6.07, 6.45) is 1.75. The lowest BCUT2D eigenvalue weighted by atomic mass is 10.3. The lowest BCUT2D eigenvalue weighted by Crippen LogP contribution is -2.08. The Labute approximate surface area is 115 Å². The molecule has 0 saturated heterocycles. The van der Waals surface area contributed by atoms with Crippen molar-refractivity contribution in [3.63, 3.8) is 0 Å². The normalized spacial score (nSPS) is 10.6.